The van der Waals surface area contributed by atoms with Gasteiger partial charge in [-0.25, -0.2) is 0 Å². The third kappa shape index (κ3) is 25.8. The van der Waals surface area contributed by atoms with E-state index in [9.17, 15) is 0 Å². The molecule has 0 aliphatic carbocycles. The third-order valence-electron chi connectivity index (χ3n) is 4.22. The molecule has 1 unspecified atom stereocenters. The van der Waals surface area contributed by atoms with E-state index in [0.29, 0.717) is 6.04 Å². The Bertz CT molecular complexity index is 224. The summed E-state index contributed by atoms with van der Waals surface area (Å²) in [6.45, 7) is 18.0. The first-order valence-corrected chi connectivity index (χ1v) is 11.3. The Labute approximate surface area is 161 Å². The van der Waals surface area contributed by atoms with Gasteiger partial charge in [-0.3, -0.25) is 0 Å². The molecule has 0 aromatic heterocycles. The predicted octanol–water partition coefficient (Wildman–Crippen LogP) is 7.45. The molecule has 0 bridgehead atoms. The molecular formula is C23H52N2. The molecule has 154 valence electrons. The second-order valence-electron chi connectivity index (χ2n) is 6.56. The zero-order chi connectivity index (χ0) is 19.8. The highest BCUT2D eigenvalue weighted by Gasteiger charge is 2.08. The fourth-order valence-corrected chi connectivity index (χ4v) is 2.38. The van der Waals surface area contributed by atoms with E-state index in [-0.39, 0.29) is 0 Å². The van der Waals surface area contributed by atoms with Gasteiger partial charge >= 0.3 is 0 Å². The Morgan fingerprint density at radius 3 is 1.60 bits per heavy atom. The normalized spacial score (nSPS) is 10.8. The summed E-state index contributed by atoms with van der Waals surface area (Å²) in [5.74, 6) is 0. The Hall–Kier alpha value is -0.500. The fraction of sp³-hybridized carbons (Fsp3) is 0.913. The van der Waals surface area contributed by atoms with E-state index in [0.717, 1.165) is 18.7 Å². The Kier molecular flexibility index (Phi) is 33.1. The minimum Gasteiger partial charge on any atom is -0.388 e. The van der Waals surface area contributed by atoms with Crippen molar-refractivity contribution in [2.24, 2.45) is 0 Å². The van der Waals surface area contributed by atoms with Crippen LogP contribution in [0.4, 0.5) is 0 Å². The van der Waals surface area contributed by atoms with E-state index in [1.165, 1.54) is 70.6 Å². The molecule has 25 heavy (non-hydrogen) atoms. The van der Waals surface area contributed by atoms with E-state index in [4.69, 9.17) is 0 Å². The maximum Gasteiger partial charge on any atom is 0.0461 e. The molecule has 0 aromatic rings. The van der Waals surface area contributed by atoms with Gasteiger partial charge in [0.25, 0.3) is 0 Å². The fourth-order valence-electron chi connectivity index (χ4n) is 2.38. The summed E-state index contributed by atoms with van der Waals surface area (Å²) < 4.78 is 0. The molecule has 0 aromatic carbocycles. The van der Waals surface area contributed by atoms with Crippen molar-refractivity contribution in [1.29, 1.82) is 0 Å². The highest BCUT2D eigenvalue weighted by atomic mass is 15.0. The second-order valence-corrected chi connectivity index (χ2v) is 6.56. The highest BCUT2D eigenvalue weighted by Crippen LogP contribution is 2.12. The summed E-state index contributed by atoms with van der Waals surface area (Å²) in [6.07, 6.45) is 16.1. The topological polar surface area (TPSA) is 24.1 Å². The minimum absolute atomic E-state index is 0.437. The van der Waals surface area contributed by atoms with Crippen LogP contribution in [0, 0.1) is 0 Å². The third-order valence-corrected chi connectivity index (χ3v) is 4.22. The molecular weight excluding hydrogens is 304 g/mol. The minimum atomic E-state index is 0.437. The number of rotatable bonds is 15. The van der Waals surface area contributed by atoms with Crippen LogP contribution in [0.3, 0.4) is 0 Å². The van der Waals surface area contributed by atoms with Gasteiger partial charge in [-0.05, 0) is 19.9 Å². The van der Waals surface area contributed by atoms with Gasteiger partial charge in [0, 0.05) is 18.3 Å². The standard InChI is InChI=1S/C17H36N2.C4H10.C2H6/c1-5-7-8-9-10-11-12-13-14-17(18-4)16(3)19-15-6-2;1-3-4-2;1-2/h17-19H,3,5-15H2,1-2,4H3;3-4H2,1-2H3;1-2H3. The van der Waals surface area contributed by atoms with Crippen LogP contribution >= 0.6 is 0 Å². The largest absolute Gasteiger partial charge is 0.388 e. The maximum absolute atomic E-state index is 4.14. The van der Waals surface area contributed by atoms with Gasteiger partial charge in [0.2, 0.25) is 0 Å². The molecule has 0 heterocycles. The van der Waals surface area contributed by atoms with Crippen molar-refractivity contribution in [2.45, 2.75) is 125 Å². The van der Waals surface area contributed by atoms with Crippen molar-refractivity contribution in [1.82, 2.24) is 10.6 Å². The smallest absolute Gasteiger partial charge is 0.0461 e. The zero-order valence-electron chi connectivity index (χ0n) is 19.0. The SMILES string of the molecule is C=C(NCCC)C(CCCCCCCCCC)NC.CC.CCCC. The van der Waals surface area contributed by atoms with Gasteiger partial charge in [-0.1, -0.05) is 112 Å². The van der Waals surface area contributed by atoms with Gasteiger partial charge in [0.1, 0.15) is 0 Å². The van der Waals surface area contributed by atoms with Gasteiger partial charge < -0.3 is 10.6 Å². The lowest BCUT2D eigenvalue weighted by Crippen LogP contribution is -2.34. The van der Waals surface area contributed by atoms with E-state index in [1.807, 2.05) is 20.9 Å². The van der Waals surface area contributed by atoms with E-state index < -0.39 is 0 Å². The summed E-state index contributed by atoms with van der Waals surface area (Å²) in [7, 11) is 2.04. The Morgan fingerprint density at radius 2 is 1.20 bits per heavy atom. The van der Waals surface area contributed by atoms with Crippen molar-refractivity contribution in [3.05, 3.63) is 12.3 Å². The molecule has 0 aliphatic rings. The van der Waals surface area contributed by atoms with E-state index >= 15 is 0 Å². The van der Waals surface area contributed by atoms with E-state index in [2.05, 4.69) is 44.9 Å². The molecule has 0 fully saturated rings. The van der Waals surface area contributed by atoms with Crippen molar-refractivity contribution in [2.75, 3.05) is 13.6 Å². The summed E-state index contributed by atoms with van der Waals surface area (Å²) in [5.41, 5.74) is 1.16. The summed E-state index contributed by atoms with van der Waals surface area (Å²) in [6, 6.07) is 0.437. The summed E-state index contributed by atoms with van der Waals surface area (Å²) in [5, 5.41) is 6.77. The summed E-state index contributed by atoms with van der Waals surface area (Å²) in [4.78, 5) is 0. The van der Waals surface area contributed by atoms with Gasteiger partial charge in [0.05, 0.1) is 0 Å². The Morgan fingerprint density at radius 1 is 0.720 bits per heavy atom. The molecule has 0 aliphatic heterocycles. The van der Waals surface area contributed by atoms with Crippen molar-refractivity contribution >= 4 is 0 Å². The molecule has 2 heteroatoms. The van der Waals surface area contributed by atoms with Crippen LogP contribution < -0.4 is 10.6 Å². The lowest BCUT2D eigenvalue weighted by atomic mass is 10.0. The lowest BCUT2D eigenvalue weighted by molar-refractivity contribution is 0.499. The highest BCUT2D eigenvalue weighted by molar-refractivity contribution is 5.02. The molecule has 0 amide bonds. The van der Waals surface area contributed by atoms with Crippen LogP contribution in [0.15, 0.2) is 12.3 Å². The van der Waals surface area contributed by atoms with Crippen LogP contribution in [0.2, 0.25) is 0 Å². The first-order valence-electron chi connectivity index (χ1n) is 11.3. The van der Waals surface area contributed by atoms with Crippen molar-refractivity contribution < 1.29 is 0 Å². The van der Waals surface area contributed by atoms with Crippen LogP contribution in [0.1, 0.15) is 119 Å². The molecule has 0 saturated heterocycles. The van der Waals surface area contributed by atoms with Crippen molar-refractivity contribution in [3.63, 3.8) is 0 Å². The first kappa shape index (κ1) is 29.3. The number of nitrogens with one attached hydrogen (secondary N) is 2. The molecule has 0 radical (unpaired) electrons. The van der Waals surface area contributed by atoms with Crippen LogP contribution in [-0.4, -0.2) is 19.6 Å². The first-order chi connectivity index (χ1) is 12.2. The van der Waals surface area contributed by atoms with Crippen LogP contribution in [-0.2, 0) is 0 Å². The number of unbranched alkanes of at least 4 members (excludes halogenated alkanes) is 8. The second kappa shape index (κ2) is 28.3. The van der Waals surface area contributed by atoms with E-state index in [1.54, 1.807) is 0 Å². The quantitative estimate of drug-likeness (QED) is 0.298. The molecule has 1 atom stereocenters. The molecule has 2 nitrogen and oxygen atoms in total. The number of likely N-dealkylation sites (N-methyl/N-ethyl adjacent to an activating group) is 1. The van der Waals surface area contributed by atoms with Crippen LogP contribution in [0.5, 0.6) is 0 Å². The van der Waals surface area contributed by atoms with Crippen LogP contribution in [0.25, 0.3) is 0 Å². The van der Waals surface area contributed by atoms with Gasteiger partial charge in [-0.15, -0.1) is 0 Å². The molecule has 0 saturated carbocycles. The lowest BCUT2D eigenvalue weighted by Gasteiger charge is -2.20. The average Bonchev–Trinajstić information content (AvgIpc) is 2.66. The summed E-state index contributed by atoms with van der Waals surface area (Å²) >= 11 is 0. The van der Waals surface area contributed by atoms with Gasteiger partial charge in [-0.2, -0.15) is 0 Å². The maximum atomic E-state index is 4.14. The monoisotopic (exact) mass is 356 g/mol. The number of hydrogen-bond donors (Lipinski definition) is 2. The molecule has 0 spiro atoms. The molecule has 0 rings (SSSR count). The predicted molar refractivity (Wildman–Crippen MR) is 119 cm³/mol. The molecule has 2 N–H and O–H groups in total. The van der Waals surface area contributed by atoms with Crippen molar-refractivity contribution in [3.8, 4) is 0 Å². The zero-order valence-corrected chi connectivity index (χ0v) is 19.0. The average molecular weight is 357 g/mol. The van der Waals surface area contributed by atoms with Gasteiger partial charge in [0.15, 0.2) is 0 Å². The number of hydrogen-bond acceptors (Lipinski definition) is 2. The Balaban J connectivity index is -0.000000701.